The first kappa shape index (κ1) is 11.8. The lowest BCUT2D eigenvalue weighted by Gasteiger charge is -2.02. The van der Waals surface area contributed by atoms with Gasteiger partial charge in [-0.25, -0.2) is 9.97 Å². The minimum atomic E-state index is 0.779. The summed E-state index contributed by atoms with van der Waals surface area (Å²) in [6.45, 7) is 4.93. The van der Waals surface area contributed by atoms with E-state index in [1.807, 2.05) is 6.07 Å². The fraction of sp³-hybridized carbons (Fsp3) is 0.385. The molecule has 2 rings (SSSR count). The van der Waals surface area contributed by atoms with E-state index >= 15 is 0 Å². The van der Waals surface area contributed by atoms with Crippen LogP contribution in [0, 0.1) is 0 Å². The van der Waals surface area contributed by atoms with Crippen LogP contribution in [0.25, 0.3) is 0 Å². The SMILES string of the molecule is CCCn1ccc(CNCc2ccncn2)c1. The van der Waals surface area contributed by atoms with E-state index in [1.165, 1.54) is 12.0 Å². The van der Waals surface area contributed by atoms with E-state index in [0.717, 1.165) is 25.3 Å². The summed E-state index contributed by atoms with van der Waals surface area (Å²) in [4.78, 5) is 8.06. The molecule has 0 amide bonds. The van der Waals surface area contributed by atoms with E-state index in [9.17, 15) is 0 Å². The summed E-state index contributed by atoms with van der Waals surface area (Å²) in [7, 11) is 0. The molecule has 0 saturated carbocycles. The molecule has 0 aliphatic carbocycles. The van der Waals surface area contributed by atoms with Crippen LogP contribution >= 0.6 is 0 Å². The van der Waals surface area contributed by atoms with E-state index in [-0.39, 0.29) is 0 Å². The molecule has 2 heterocycles. The van der Waals surface area contributed by atoms with Gasteiger partial charge in [-0.1, -0.05) is 6.92 Å². The third kappa shape index (κ3) is 3.67. The van der Waals surface area contributed by atoms with Crippen LogP contribution in [0.1, 0.15) is 24.6 Å². The molecule has 2 aromatic rings. The topological polar surface area (TPSA) is 42.7 Å². The van der Waals surface area contributed by atoms with Crippen LogP contribution in [0.3, 0.4) is 0 Å². The highest BCUT2D eigenvalue weighted by atomic mass is 14.9. The zero-order valence-corrected chi connectivity index (χ0v) is 10.1. The molecule has 0 unspecified atom stereocenters. The van der Waals surface area contributed by atoms with Crippen molar-refractivity contribution < 1.29 is 0 Å². The standard InChI is InChI=1S/C13H18N4/c1-2-6-17-7-4-12(10-17)8-15-9-13-3-5-14-11-16-13/h3-5,7,10-11,15H,2,6,8-9H2,1H3. The largest absolute Gasteiger partial charge is 0.354 e. The molecule has 0 radical (unpaired) electrons. The Morgan fingerprint density at radius 3 is 3.00 bits per heavy atom. The van der Waals surface area contributed by atoms with Crippen LogP contribution in [0.2, 0.25) is 0 Å². The Morgan fingerprint density at radius 2 is 2.24 bits per heavy atom. The van der Waals surface area contributed by atoms with Gasteiger partial charge in [-0.05, 0) is 24.1 Å². The number of aromatic nitrogens is 3. The van der Waals surface area contributed by atoms with E-state index < -0.39 is 0 Å². The maximum Gasteiger partial charge on any atom is 0.115 e. The molecule has 17 heavy (non-hydrogen) atoms. The van der Waals surface area contributed by atoms with Crippen LogP contribution in [0.5, 0.6) is 0 Å². The van der Waals surface area contributed by atoms with Gasteiger partial charge < -0.3 is 9.88 Å². The van der Waals surface area contributed by atoms with Crippen molar-refractivity contribution in [1.29, 1.82) is 0 Å². The molecule has 0 aromatic carbocycles. The van der Waals surface area contributed by atoms with Crippen LogP contribution in [0.4, 0.5) is 0 Å². The number of hydrogen-bond donors (Lipinski definition) is 1. The zero-order chi connectivity index (χ0) is 11.9. The van der Waals surface area contributed by atoms with Gasteiger partial charge in [-0.3, -0.25) is 0 Å². The molecule has 1 N–H and O–H groups in total. The third-order valence-electron chi connectivity index (χ3n) is 2.57. The maximum absolute atomic E-state index is 4.17. The average Bonchev–Trinajstić information content (AvgIpc) is 2.79. The molecular weight excluding hydrogens is 212 g/mol. The van der Waals surface area contributed by atoms with E-state index in [0.29, 0.717) is 0 Å². The number of nitrogens with zero attached hydrogens (tertiary/aromatic N) is 3. The highest BCUT2D eigenvalue weighted by molar-refractivity contribution is 5.10. The predicted molar refractivity (Wildman–Crippen MR) is 67.3 cm³/mol. The Hall–Kier alpha value is -1.68. The second-order valence-corrected chi connectivity index (χ2v) is 4.06. The smallest absolute Gasteiger partial charge is 0.115 e. The third-order valence-corrected chi connectivity index (χ3v) is 2.57. The highest BCUT2D eigenvalue weighted by Gasteiger charge is 1.97. The van der Waals surface area contributed by atoms with Crippen molar-refractivity contribution in [3.63, 3.8) is 0 Å². The first-order valence-electron chi connectivity index (χ1n) is 5.98. The minimum Gasteiger partial charge on any atom is -0.354 e. The Kier molecular flexibility index (Phi) is 4.27. The van der Waals surface area contributed by atoms with E-state index in [1.54, 1.807) is 12.5 Å². The maximum atomic E-state index is 4.17. The quantitative estimate of drug-likeness (QED) is 0.825. The van der Waals surface area contributed by atoms with Crippen LogP contribution < -0.4 is 5.32 Å². The first-order valence-corrected chi connectivity index (χ1v) is 5.98. The van der Waals surface area contributed by atoms with Gasteiger partial charge in [-0.2, -0.15) is 0 Å². The monoisotopic (exact) mass is 230 g/mol. The molecule has 0 aliphatic heterocycles. The fourth-order valence-corrected chi connectivity index (χ4v) is 1.75. The molecule has 90 valence electrons. The fourth-order valence-electron chi connectivity index (χ4n) is 1.75. The van der Waals surface area contributed by atoms with Gasteiger partial charge in [0.2, 0.25) is 0 Å². The van der Waals surface area contributed by atoms with Crippen LogP contribution in [-0.4, -0.2) is 14.5 Å². The summed E-state index contributed by atoms with van der Waals surface area (Å²) in [6.07, 6.45) is 8.83. The minimum absolute atomic E-state index is 0.779. The van der Waals surface area contributed by atoms with E-state index in [2.05, 4.69) is 45.2 Å². The second-order valence-electron chi connectivity index (χ2n) is 4.06. The predicted octanol–water partition coefficient (Wildman–Crippen LogP) is 1.98. The van der Waals surface area contributed by atoms with Crippen molar-refractivity contribution in [2.75, 3.05) is 0 Å². The summed E-state index contributed by atoms with van der Waals surface area (Å²) in [6, 6.07) is 4.08. The molecule has 4 nitrogen and oxygen atoms in total. The van der Waals surface area contributed by atoms with Gasteiger partial charge in [0.15, 0.2) is 0 Å². The van der Waals surface area contributed by atoms with Crippen LogP contribution in [0.15, 0.2) is 37.1 Å². The Balaban J connectivity index is 1.78. The molecule has 0 aliphatic rings. The summed E-state index contributed by atoms with van der Waals surface area (Å²) < 4.78 is 2.22. The molecule has 0 bridgehead atoms. The van der Waals surface area contributed by atoms with Gasteiger partial charge >= 0.3 is 0 Å². The molecule has 0 atom stereocenters. The summed E-state index contributed by atoms with van der Waals surface area (Å²) in [5.41, 5.74) is 2.33. The van der Waals surface area contributed by atoms with Gasteiger partial charge in [0.25, 0.3) is 0 Å². The number of hydrogen-bond acceptors (Lipinski definition) is 3. The summed E-state index contributed by atoms with van der Waals surface area (Å²) in [5.74, 6) is 0. The Morgan fingerprint density at radius 1 is 1.29 bits per heavy atom. The summed E-state index contributed by atoms with van der Waals surface area (Å²) >= 11 is 0. The van der Waals surface area contributed by atoms with Gasteiger partial charge in [0, 0.05) is 38.2 Å². The van der Waals surface area contributed by atoms with Crippen molar-refractivity contribution in [2.24, 2.45) is 0 Å². The second kappa shape index (κ2) is 6.15. The van der Waals surface area contributed by atoms with Crippen molar-refractivity contribution in [3.8, 4) is 0 Å². The lowest BCUT2D eigenvalue weighted by molar-refractivity contribution is 0.662. The number of rotatable bonds is 6. The molecule has 2 aromatic heterocycles. The zero-order valence-electron chi connectivity index (χ0n) is 10.1. The Bertz CT molecular complexity index is 436. The summed E-state index contributed by atoms with van der Waals surface area (Å²) in [5, 5.41) is 3.37. The number of nitrogens with one attached hydrogen (secondary N) is 1. The van der Waals surface area contributed by atoms with Crippen LogP contribution in [-0.2, 0) is 19.6 Å². The normalized spacial score (nSPS) is 10.6. The van der Waals surface area contributed by atoms with Crippen molar-refractivity contribution in [1.82, 2.24) is 19.9 Å². The highest BCUT2D eigenvalue weighted by Crippen LogP contribution is 2.02. The molecule has 0 spiro atoms. The van der Waals surface area contributed by atoms with Crippen molar-refractivity contribution >= 4 is 0 Å². The molecule has 4 heteroatoms. The van der Waals surface area contributed by atoms with Gasteiger partial charge in [0.1, 0.15) is 6.33 Å². The van der Waals surface area contributed by atoms with Gasteiger partial charge in [0.05, 0.1) is 5.69 Å². The Labute approximate surface area is 102 Å². The lowest BCUT2D eigenvalue weighted by Crippen LogP contribution is -2.13. The van der Waals surface area contributed by atoms with E-state index in [4.69, 9.17) is 0 Å². The molecular formula is C13H18N4. The van der Waals surface area contributed by atoms with Gasteiger partial charge in [-0.15, -0.1) is 0 Å². The average molecular weight is 230 g/mol. The molecule has 0 saturated heterocycles. The first-order chi connectivity index (χ1) is 8.38. The lowest BCUT2D eigenvalue weighted by atomic mass is 10.3. The molecule has 0 fully saturated rings. The number of aryl methyl sites for hydroxylation is 1. The van der Waals surface area contributed by atoms with Crippen molar-refractivity contribution in [2.45, 2.75) is 33.0 Å². The van der Waals surface area contributed by atoms with Crippen molar-refractivity contribution in [3.05, 3.63) is 48.3 Å².